The molecule has 2 aromatic carbocycles. The minimum absolute atomic E-state index is 0.0502. The number of amides is 1. The monoisotopic (exact) mass is 451 g/mol. The van der Waals surface area contributed by atoms with Gasteiger partial charge in [0.25, 0.3) is 0 Å². The lowest BCUT2D eigenvalue weighted by atomic mass is 10.1. The highest BCUT2D eigenvalue weighted by molar-refractivity contribution is 7.22. The molecule has 31 heavy (non-hydrogen) atoms. The molecule has 1 atom stereocenters. The third-order valence-corrected chi connectivity index (χ3v) is 7.07. The minimum atomic E-state index is -1.38. The van der Waals surface area contributed by atoms with E-state index in [1.807, 2.05) is 35.7 Å². The van der Waals surface area contributed by atoms with Gasteiger partial charge < -0.3 is 10.8 Å². The van der Waals surface area contributed by atoms with Crippen LogP contribution in [-0.4, -0.2) is 26.8 Å². The standard InChI is InChI=1S/C22H14FN3O3S2/c23-18-12(22(28)29)7-8-13-17(18)19(16-10-11-4-1-2-5-14(11)31-16)25-26(13)20(21(24)27)15-6-3-9-30-15/h1-10,20H,(H2,24,27)(H,28,29). The summed E-state index contributed by atoms with van der Waals surface area (Å²) < 4.78 is 17.8. The number of thiophene rings is 2. The van der Waals surface area contributed by atoms with E-state index in [0.29, 0.717) is 15.3 Å². The zero-order valence-electron chi connectivity index (χ0n) is 15.8. The summed E-state index contributed by atoms with van der Waals surface area (Å²) in [6.45, 7) is 0. The van der Waals surface area contributed by atoms with E-state index in [1.165, 1.54) is 39.5 Å². The van der Waals surface area contributed by atoms with Crippen LogP contribution in [-0.2, 0) is 4.79 Å². The van der Waals surface area contributed by atoms with E-state index >= 15 is 4.39 Å². The first-order valence-electron chi connectivity index (χ1n) is 9.21. The number of nitrogens with zero attached hydrogens (tertiary/aromatic N) is 2. The zero-order valence-corrected chi connectivity index (χ0v) is 17.4. The van der Waals surface area contributed by atoms with Crippen LogP contribution in [0.5, 0.6) is 0 Å². The quantitative estimate of drug-likeness (QED) is 0.397. The smallest absolute Gasteiger partial charge is 0.338 e. The van der Waals surface area contributed by atoms with E-state index in [0.717, 1.165) is 10.1 Å². The highest BCUT2D eigenvalue weighted by Gasteiger charge is 2.29. The average Bonchev–Trinajstić information content (AvgIpc) is 3.46. The van der Waals surface area contributed by atoms with Gasteiger partial charge in [-0.05, 0) is 41.1 Å². The normalized spacial score (nSPS) is 12.4. The van der Waals surface area contributed by atoms with Crippen molar-refractivity contribution in [1.29, 1.82) is 0 Å². The maximum atomic E-state index is 15.4. The highest BCUT2D eigenvalue weighted by Crippen LogP contribution is 2.40. The van der Waals surface area contributed by atoms with Gasteiger partial charge in [-0.2, -0.15) is 5.10 Å². The summed E-state index contributed by atoms with van der Waals surface area (Å²) in [5.74, 6) is -2.91. The van der Waals surface area contributed by atoms with Crippen molar-refractivity contribution < 1.29 is 19.1 Å². The van der Waals surface area contributed by atoms with Gasteiger partial charge in [-0.3, -0.25) is 4.79 Å². The summed E-state index contributed by atoms with van der Waals surface area (Å²) >= 11 is 2.75. The van der Waals surface area contributed by atoms with Gasteiger partial charge >= 0.3 is 5.97 Å². The van der Waals surface area contributed by atoms with Crippen LogP contribution in [0.2, 0.25) is 0 Å². The van der Waals surface area contributed by atoms with Gasteiger partial charge in [-0.15, -0.1) is 22.7 Å². The first-order valence-corrected chi connectivity index (χ1v) is 10.9. The number of hydrogen-bond acceptors (Lipinski definition) is 5. The Balaban J connectivity index is 1.85. The van der Waals surface area contributed by atoms with E-state index in [-0.39, 0.29) is 11.1 Å². The van der Waals surface area contributed by atoms with Crippen LogP contribution >= 0.6 is 22.7 Å². The number of rotatable bonds is 5. The zero-order chi connectivity index (χ0) is 21.7. The largest absolute Gasteiger partial charge is 0.478 e. The minimum Gasteiger partial charge on any atom is -0.478 e. The molecule has 0 bridgehead atoms. The first-order chi connectivity index (χ1) is 15.0. The number of carboxylic acid groups (broad SMARTS) is 1. The Morgan fingerprint density at radius 3 is 2.61 bits per heavy atom. The molecule has 0 aliphatic carbocycles. The molecule has 6 nitrogen and oxygen atoms in total. The predicted octanol–water partition coefficient (Wildman–Crippen LogP) is 4.89. The molecule has 154 valence electrons. The Morgan fingerprint density at radius 1 is 1.13 bits per heavy atom. The molecule has 0 saturated carbocycles. The second-order valence-corrected chi connectivity index (χ2v) is 8.95. The molecule has 0 fully saturated rings. The second-order valence-electron chi connectivity index (χ2n) is 6.89. The van der Waals surface area contributed by atoms with Gasteiger partial charge in [-0.25, -0.2) is 13.9 Å². The number of hydrogen-bond donors (Lipinski definition) is 2. The Kier molecular flexibility index (Phi) is 4.57. The van der Waals surface area contributed by atoms with E-state index in [2.05, 4.69) is 5.10 Å². The number of halogens is 1. The molecule has 5 aromatic rings. The van der Waals surface area contributed by atoms with Crippen molar-refractivity contribution in [3.05, 3.63) is 76.2 Å². The summed E-state index contributed by atoms with van der Waals surface area (Å²) in [6, 6.07) is 14.8. The maximum absolute atomic E-state index is 15.4. The number of carboxylic acids is 1. The number of nitrogens with two attached hydrogens (primary N) is 1. The third-order valence-electron chi connectivity index (χ3n) is 5.03. The SMILES string of the molecule is NC(=O)C(c1cccs1)n1nc(-c2cc3ccccc3s2)c2c(F)c(C(=O)O)ccc21. The topological polar surface area (TPSA) is 98.2 Å². The molecular weight excluding hydrogens is 437 g/mol. The van der Waals surface area contributed by atoms with Gasteiger partial charge in [0.05, 0.1) is 21.3 Å². The van der Waals surface area contributed by atoms with E-state index in [1.54, 1.807) is 12.1 Å². The number of carbonyl (C=O) groups excluding carboxylic acids is 1. The van der Waals surface area contributed by atoms with Crippen LogP contribution < -0.4 is 5.73 Å². The van der Waals surface area contributed by atoms with Gasteiger partial charge in [0.2, 0.25) is 5.91 Å². The molecule has 1 unspecified atom stereocenters. The molecule has 0 radical (unpaired) electrons. The predicted molar refractivity (Wildman–Crippen MR) is 119 cm³/mol. The summed E-state index contributed by atoms with van der Waals surface area (Å²) in [7, 11) is 0. The van der Waals surface area contributed by atoms with Crippen LogP contribution in [0.15, 0.2) is 60.0 Å². The maximum Gasteiger partial charge on any atom is 0.338 e. The molecule has 5 rings (SSSR count). The van der Waals surface area contributed by atoms with Crippen molar-refractivity contribution in [3.63, 3.8) is 0 Å². The van der Waals surface area contributed by atoms with Crippen LogP contribution in [0.1, 0.15) is 21.3 Å². The fourth-order valence-corrected chi connectivity index (χ4v) is 5.52. The molecule has 0 aliphatic heterocycles. The molecule has 9 heteroatoms. The molecule has 0 saturated heterocycles. The molecule has 0 spiro atoms. The third kappa shape index (κ3) is 3.09. The van der Waals surface area contributed by atoms with E-state index in [9.17, 15) is 14.7 Å². The summed E-state index contributed by atoms with van der Waals surface area (Å²) in [5, 5.41) is 16.8. The fraction of sp³-hybridized carbons (Fsp3) is 0.0455. The van der Waals surface area contributed by atoms with Crippen LogP contribution in [0.4, 0.5) is 4.39 Å². The molecule has 3 heterocycles. The molecule has 3 aromatic heterocycles. The van der Waals surface area contributed by atoms with Crippen molar-refractivity contribution in [2.75, 3.05) is 0 Å². The van der Waals surface area contributed by atoms with Gasteiger partial charge in [-0.1, -0.05) is 24.3 Å². The van der Waals surface area contributed by atoms with Crippen molar-refractivity contribution >= 4 is 55.5 Å². The molecule has 0 aliphatic rings. The van der Waals surface area contributed by atoms with Gasteiger partial charge in [0.1, 0.15) is 11.5 Å². The second kappa shape index (κ2) is 7.29. The number of aromatic carboxylic acids is 1. The summed E-state index contributed by atoms with van der Waals surface area (Å²) in [6.07, 6.45) is 0. The van der Waals surface area contributed by atoms with Gasteiger partial charge in [0.15, 0.2) is 6.04 Å². The van der Waals surface area contributed by atoms with Gasteiger partial charge in [0, 0.05) is 9.58 Å². The number of carbonyl (C=O) groups is 2. The van der Waals surface area contributed by atoms with Crippen molar-refractivity contribution in [2.24, 2.45) is 5.73 Å². The van der Waals surface area contributed by atoms with Crippen LogP contribution in [0.25, 0.3) is 31.6 Å². The average molecular weight is 452 g/mol. The van der Waals surface area contributed by atoms with Crippen molar-refractivity contribution in [2.45, 2.75) is 6.04 Å². The Bertz CT molecular complexity index is 1440. The highest BCUT2D eigenvalue weighted by atomic mass is 32.1. The van der Waals surface area contributed by atoms with Crippen LogP contribution in [0, 0.1) is 5.82 Å². The first kappa shape index (κ1) is 19.4. The number of aromatic nitrogens is 2. The number of benzene rings is 2. The molecule has 1 amide bonds. The van der Waals surface area contributed by atoms with Crippen molar-refractivity contribution in [1.82, 2.24) is 9.78 Å². The van der Waals surface area contributed by atoms with E-state index < -0.39 is 29.3 Å². The lowest BCUT2D eigenvalue weighted by Gasteiger charge is -2.13. The Labute approximate surface area is 183 Å². The Hall–Kier alpha value is -3.56. The lowest BCUT2D eigenvalue weighted by Crippen LogP contribution is -2.27. The summed E-state index contributed by atoms with van der Waals surface area (Å²) in [5.41, 5.74) is 5.82. The molecular formula is C22H14FN3O3S2. The Morgan fingerprint density at radius 2 is 1.94 bits per heavy atom. The van der Waals surface area contributed by atoms with E-state index in [4.69, 9.17) is 5.73 Å². The van der Waals surface area contributed by atoms with Crippen molar-refractivity contribution in [3.8, 4) is 10.6 Å². The number of fused-ring (bicyclic) bond motifs is 2. The lowest BCUT2D eigenvalue weighted by molar-refractivity contribution is -0.120. The number of primary amides is 1. The molecule has 3 N–H and O–H groups in total. The fourth-order valence-electron chi connectivity index (χ4n) is 3.65. The summed E-state index contributed by atoms with van der Waals surface area (Å²) in [4.78, 5) is 25.2. The van der Waals surface area contributed by atoms with Crippen LogP contribution in [0.3, 0.4) is 0 Å².